The average Bonchev–Trinajstić information content (AvgIpc) is 2.84. The van der Waals surface area contributed by atoms with Gasteiger partial charge in [0.2, 0.25) is 21.8 Å². The van der Waals surface area contributed by atoms with Gasteiger partial charge in [-0.2, -0.15) is 0 Å². The summed E-state index contributed by atoms with van der Waals surface area (Å²) in [5.41, 5.74) is 0.750. The third-order valence-corrected chi connectivity index (χ3v) is 7.39. The van der Waals surface area contributed by atoms with E-state index in [1.54, 1.807) is 37.3 Å². The van der Waals surface area contributed by atoms with E-state index in [0.717, 1.165) is 10.6 Å². The first-order valence-corrected chi connectivity index (χ1v) is 14.1. The van der Waals surface area contributed by atoms with Gasteiger partial charge in [-0.1, -0.05) is 43.1 Å². The largest absolute Gasteiger partial charge is 0.497 e. The fourth-order valence-corrected chi connectivity index (χ4v) is 4.62. The van der Waals surface area contributed by atoms with E-state index >= 15 is 0 Å². The van der Waals surface area contributed by atoms with Gasteiger partial charge in [0.05, 0.1) is 36.2 Å². The molecule has 0 saturated carbocycles. The third kappa shape index (κ3) is 8.41. The first-order valence-electron chi connectivity index (χ1n) is 11.5. The zero-order chi connectivity index (χ0) is 27.9. The van der Waals surface area contributed by atoms with Gasteiger partial charge in [-0.25, -0.2) is 8.42 Å². The Kier molecular flexibility index (Phi) is 10.9. The third-order valence-electron chi connectivity index (χ3n) is 5.52. The molecule has 0 fully saturated rings. The topological polar surface area (TPSA) is 105 Å². The number of amides is 2. The minimum atomic E-state index is -3.95. The van der Waals surface area contributed by atoms with Crippen LogP contribution >= 0.6 is 23.2 Å². The molecule has 1 atom stereocenters. The van der Waals surface area contributed by atoms with Crippen molar-refractivity contribution in [1.29, 1.82) is 0 Å². The lowest BCUT2D eigenvalue weighted by Crippen LogP contribution is -2.51. The van der Waals surface area contributed by atoms with Gasteiger partial charge in [0.15, 0.2) is 0 Å². The van der Waals surface area contributed by atoms with Gasteiger partial charge in [0.1, 0.15) is 24.1 Å². The van der Waals surface area contributed by atoms with Gasteiger partial charge < -0.3 is 19.7 Å². The van der Waals surface area contributed by atoms with Gasteiger partial charge in [-0.05, 0) is 42.7 Å². The fourth-order valence-electron chi connectivity index (χ4n) is 3.46. The number of ether oxygens (including phenoxy) is 2. The van der Waals surface area contributed by atoms with Crippen LogP contribution in [0.5, 0.6) is 11.5 Å². The second-order valence-electron chi connectivity index (χ2n) is 8.89. The van der Waals surface area contributed by atoms with Crippen molar-refractivity contribution in [2.24, 2.45) is 5.92 Å². The zero-order valence-corrected chi connectivity index (χ0v) is 24.1. The molecule has 0 heterocycles. The highest BCUT2D eigenvalue weighted by molar-refractivity contribution is 7.92. The fraction of sp³-hybridized carbons (Fsp3) is 0.440. The summed E-state index contributed by atoms with van der Waals surface area (Å²) >= 11 is 12.2. The maximum absolute atomic E-state index is 13.7. The van der Waals surface area contributed by atoms with E-state index in [-0.39, 0.29) is 29.8 Å². The monoisotopic (exact) mass is 573 g/mol. The van der Waals surface area contributed by atoms with Crippen LogP contribution in [0.2, 0.25) is 10.0 Å². The van der Waals surface area contributed by atoms with E-state index in [4.69, 9.17) is 32.7 Å². The number of hydrogen-bond donors (Lipinski definition) is 1. The first-order chi connectivity index (χ1) is 17.3. The highest BCUT2D eigenvalue weighted by Gasteiger charge is 2.31. The number of carbonyl (C=O) groups is 2. The Balaban J connectivity index is 2.48. The van der Waals surface area contributed by atoms with Crippen molar-refractivity contribution in [3.63, 3.8) is 0 Å². The molecule has 37 heavy (non-hydrogen) atoms. The standard InChI is InChI=1S/C25H33Cl2N3O6S/c1-16(2)13-28-25(32)17(3)29(14-18-7-9-20(26)21(27)11-18)24(31)15-30(37(6,33)34)22-12-19(35-4)8-10-23(22)36-5/h7-12,16-17H,13-15H2,1-6H3,(H,28,32). The Morgan fingerprint density at radius 1 is 1.00 bits per heavy atom. The van der Waals surface area contributed by atoms with Crippen molar-refractivity contribution in [2.75, 3.05) is 37.9 Å². The Labute approximate surface area is 228 Å². The van der Waals surface area contributed by atoms with Crippen molar-refractivity contribution in [2.45, 2.75) is 33.4 Å². The molecular weight excluding hydrogens is 541 g/mol. The van der Waals surface area contributed by atoms with Gasteiger partial charge in [-0.3, -0.25) is 13.9 Å². The zero-order valence-electron chi connectivity index (χ0n) is 21.7. The second-order valence-corrected chi connectivity index (χ2v) is 11.6. The van der Waals surface area contributed by atoms with Crippen LogP contribution in [0.3, 0.4) is 0 Å². The minimum absolute atomic E-state index is 0.00116. The summed E-state index contributed by atoms with van der Waals surface area (Å²) in [6.07, 6.45) is 0.987. The predicted molar refractivity (Wildman–Crippen MR) is 146 cm³/mol. The molecule has 2 aromatic rings. The maximum Gasteiger partial charge on any atom is 0.244 e. The predicted octanol–water partition coefficient (Wildman–Crippen LogP) is 3.97. The maximum atomic E-state index is 13.7. The van der Waals surface area contributed by atoms with Crippen molar-refractivity contribution in [3.05, 3.63) is 52.0 Å². The molecule has 2 rings (SSSR count). The van der Waals surface area contributed by atoms with Crippen LogP contribution in [-0.2, 0) is 26.2 Å². The molecule has 0 aliphatic carbocycles. The number of sulfonamides is 1. The molecule has 12 heteroatoms. The summed E-state index contributed by atoms with van der Waals surface area (Å²) in [6.45, 7) is 5.34. The molecule has 0 saturated heterocycles. The smallest absolute Gasteiger partial charge is 0.244 e. The number of benzene rings is 2. The Bertz CT molecular complexity index is 1220. The number of rotatable bonds is 12. The molecule has 2 aromatic carbocycles. The lowest BCUT2D eigenvalue weighted by Gasteiger charge is -2.32. The molecular formula is C25H33Cl2N3O6S. The van der Waals surface area contributed by atoms with E-state index in [0.29, 0.717) is 27.9 Å². The average molecular weight is 575 g/mol. The first kappa shape index (κ1) is 30.5. The quantitative estimate of drug-likeness (QED) is 0.412. The Morgan fingerprint density at radius 2 is 1.68 bits per heavy atom. The molecule has 0 radical (unpaired) electrons. The molecule has 0 aliphatic heterocycles. The SMILES string of the molecule is COc1ccc(OC)c(N(CC(=O)N(Cc2ccc(Cl)c(Cl)c2)C(C)C(=O)NCC(C)C)S(C)(=O)=O)c1. The number of halogens is 2. The summed E-state index contributed by atoms with van der Waals surface area (Å²) in [7, 11) is -1.11. The summed E-state index contributed by atoms with van der Waals surface area (Å²) in [5.74, 6) is -0.152. The van der Waals surface area contributed by atoms with Crippen LogP contribution in [0, 0.1) is 5.92 Å². The van der Waals surface area contributed by atoms with Crippen molar-refractivity contribution in [1.82, 2.24) is 10.2 Å². The number of carbonyl (C=O) groups excluding carboxylic acids is 2. The van der Waals surface area contributed by atoms with Crippen LogP contribution in [0.1, 0.15) is 26.3 Å². The second kappa shape index (κ2) is 13.2. The summed E-state index contributed by atoms with van der Waals surface area (Å²) in [6, 6.07) is 8.60. The summed E-state index contributed by atoms with van der Waals surface area (Å²) in [4.78, 5) is 27.9. The molecule has 9 nitrogen and oxygen atoms in total. The lowest BCUT2D eigenvalue weighted by molar-refractivity contribution is -0.139. The Hall–Kier alpha value is -2.69. The van der Waals surface area contributed by atoms with E-state index < -0.39 is 28.5 Å². The van der Waals surface area contributed by atoms with Crippen molar-refractivity contribution in [3.8, 4) is 11.5 Å². The summed E-state index contributed by atoms with van der Waals surface area (Å²) in [5, 5.41) is 3.46. The van der Waals surface area contributed by atoms with Crippen LogP contribution < -0.4 is 19.1 Å². The van der Waals surface area contributed by atoms with Crippen LogP contribution in [-0.4, -0.2) is 64.7 Å². The van der Waals surface area contributed by atoms with E-state index in [1.165, 1.54) is 25.2 Å². The minimum Gasteiger partial charge on any atom is -0.497 e. The van der Waals surface area contributed by atoms with E-state index in [1.807, 2.05) is 13.8 Å². The van der Waals surface area contributed by atoms with Gasteiger partial charge >= 0.3 is 0 Å². The highest BCUT2D eigenvalue weighted by Crippen LogP contribution is 2.34. The van der Waals surface area contributed by atoms with Gasteiger partial charge in [-0.15, -0.1) is 0 Å². The highest BCUT2D eigenvalue weighted by atomic mass is 35.5. The van der Waals surface area contributed by atoms with Crippen molar-refractivity contribution < 1.29 is 27.5 Å². The normalized spacial score (nSPS) is 12.1. The van der Waals surface area contributed by atoms with Gasteiger partial charge in [0.25, 0.3) is 0 Å². The van der Waals surface area contributed by atoms with Crippen LogP contribution in [0.4, 0.5) is 5.69 Å². The number of hydrogen-bond acceptors (Lipinski definition) is 6. The van der Waals surface area contributed by atoms with Crippen LogP contribution in [0.15, 0.2) is 36.4 Å². The lowest BCUT2D eigenvalue weighted by atomic mass is 10.1. The van der Waals surface area contributed by atoms with Gasteiger partial charge in [0, 0.05) is 19.2 Å². The summed E-state index contributed by atoms with van der Waals surface area (Å²) < 4.78 is 37.2. The molecule has 0 aliphatic rings. The van der Waals surface area contributed by atoms with Crippen molar-refractivity contribution >= 4 is 50.7 Å². The number of methoxy groups -OCH3 is 2. The molecule has 2 amide bonds. The molecule has 1 N–H and O–H groups in total. The number of nitrogens with zero attached hydrogens (tertiary/aromatic N) is 2. The molecule has 204 valence electrons. The molecule has 0 bridgehead atoms. The van der Waals surface area contributed by atoms with Crippen LogP contribution in [0.25, 0.3) is 0 Å². The van der Waals surface area contributed by atoms with E-state index in [9.17, 15) is 18.0 Å². The number of anilines is 1. The molecule has 0 spiro atoms. The van der Waals surface area contributed by atoms with E-state index in [2.05, 4.69) is 5.32 Å². The molecule has 0 aromatic heterocycles. The molecule has 1 unspecified atom stereocenters. The Morgan fingerprint density at radius 3 is 2.22 bits per heavy atom. The number of nitrogens with one attached hydrogen (secondary N) is 1.